The summed E-state index contributed by atoms with van der Waals surface area (Å²) in [6.45, 7) is 4.22. The predicted molar refractivity (Wildman–Crippen MR) is 113 cm³/mol. The number of nitrogens with one attached hydrogen (secondary N) is 2. The van der Waals surface area contributed by atoms with E-state index in [-0.39, 0.29) is 17.3 Å². The van der Waals surface area contributed by atoms with Crippen molar-refractivity contribution in [1.82, 2.24) is 9.73 Å². The van der Waals surface area contributed by atoms with Gasteiger partial charge in [-0.3, -0.25) is 4.79 Å². The van der Waals surface area contributed by atoms with Crippen LogP contribution in [0.25, 0.3) is 0 Å². The summed E-state index contributed by atoms with van der Waals surface area (Å²) in [5.41, 5.74) is 2.54. The Morgan fingerprint density at radius 1 is 1.25 bits per heavy atom. The molecule has 1 aromatic heterocycles. The Morgan fingerprint density at radius 3 is 2.54 bits per heavy atom. The number of benzene rings is 1. The van der Waals surface area contributed by atoms with Crippen LogP contribution in [-0.2, 0) is 14.8 Å². The van der Waals surface area contributed by atoms with Crippen molar-refractivity contribution in [2.75, 3.05) is 32.7 Å². The van der Waals surface area contributed by atoms with Gasteiger partial charge in [-0.25, -0.2) is 13.8 Å². The van der Waals surface area contributed by atoms with Crippen molar-refractivity contribution < 1.29 is 18.1 Å². The lowest BCUT2D eigenvalue weighted by molar-refractivity contribution is -0.895. The molecule has 0 atom stereocenters. The molecule has 28 heavy (non-hydrogen) atoms. The van der Waals surface area contributed by atoms with Crippen molar-refractivity contribution in [3.63, 3.8) is 0 Å². The lowest BCUT2D eigenvalue weighted by Crippen LogP contribution is -3.15. The van der Waals surface area contributed by atoms with Gasteiger partial charge in [0.1, 0.15) is 0 Å². The molecule has 1 aromatic carbocycles. The van der Waals surface area contributed by atoms with Crippen LogP contribution in [0.5, 0.6) is 0 Å². The van der Waals surface area contributed by atoms with Gasteiger partial charge in [0.25, 0.3) is 5.91 Å². The summed E-state index contributed by atoms with van der Waals surface area (Å²) in [7, 11) is -3.50. The molecule has 10 heteroatoms. The number of piperazine rings is 1. The van der Waals surface area contributed by atoms with E-state index in [0.717, 1.165) is 14.2 Å². The van der Waals surface area contributed by atoms with E-state index < -0.39 is 10.0 Å². The van der Waals surface area contributed by atoms with Crippen molar-refractivity contribution in [2.24, 2.45) is 5.10 Å². The van der Waals surface area contributed by atoms with E-state index >= 15 is 0 Å². The fourth-order valence-corrected chi connectivity index (χ4v) is 5.39. The number of quaternary nitrogens is 1. The highest BCUT2D eigenvalue weighted by molar-refractivity contribution is 9.10. The molecule has 0 radical (unpaired) electrons. The predicted octanol–water partition coefficient (Wildman–Crippen LogP) is 0.859. The quantitative estimate of drug-likeness (QED) is 0.470. The molecule has 0 bridgehead atoms. The Hall–Kier alpha value is -1.59. The maximum absolute atomic E-state index is 12.7. The first-order chi connectivity index (χ1) is 13.3. The summed E-state index contributed by atoms with van der Waals surface area (Å²) >= 11 is 4.92. The third-order valence-corrected chi connectivity index (χ3v) is 7.81. The second-order valence-electron chi connectivity index (χ2n) is 6.53. The zero-order chi connectivity index (χ0) is 20.1. The molecule has 1 fully saturated rings. The lowest BCUT2D eigenvalue weighted by atomic mass is 10.3. The highest BCUT2D eigenvalue weighted by Gasteiger charge is 2.31. The molecule has 3 rings (SSSR count). The van der Waals surface area contributed by atoms with Crippen LogP contribution in [0.3, 0.4) is 0 Å². The van der Waals surface area contributed by atoms with E-state index in [1.165, 1.54) is 9.18 Å². The summed E-state index contributed by atoms with van der Waals surface area (Å²) < 4.78 is 27.7. The highest BCUT2D eigenvalue weighted by atomic mass is 79.9. The molecule has 1 aliphatic rings. The third-order valence-electron chi connectivity index (χ3n) is 4.43. The number of carbonyl (C=O) groups excluding carboxylic acids is 1. The zero-order valence-electron chi connectivity index (χ0n) is 15.4. The Bertz CT molecular complexity index is 949. The van der Waals surface area contributed by atoms with E-state index in [0.29, 0.717) is 26.2 Å². The normalized spacial score (nSPS) is 16.5. The monoisotopic (exact) mass is 485 g/mol. The molecular weight excluding hydrogens is 464 g/mol. The van der Waals surface area contributed by atoms with E-state index in [1.54, 1.807) is 41.8 Å². The summed E-state index contributed by atoms with van der Waals surface area (Å²) in [5.74, 6) is -0.177. The smallest absolute Gasteiger partial charge is 0.295 e. The van der Waals surface area contributed by atoms with Crippen molar-refractivity contribution in [3.8, 4) is 0 Å². The van der Waals surface area contributed by atoms with E-state index in [2.05, 4.69) is 26.5 Å². The Morgan fingerprint density at radius 2 is 1.93 bits per heavy atom. The summed E-state index contributed by atoms with van der Waals surface area (Å²) in [5, 5.41) is 3.98. The molecule has 0 aliphatic carbocycles. The van der Waals surface area contributed by atoms with Crippen LogP contribution in [0.15, 0.2) is 50.9 Å². The zero-order valence-corrected chi connectivity index (χ0v) is 18.6. The number of halogens is 1. The number of carbonyl (C=O) groups is 1. The SMILES string of the molecule is Cc1ccc(/C=N/NC(=O)C[NH+]2CCN(S(=O)(=O)c3ccc(Br)cc3)CC2)s1. The maximum atomic E-state index is 12.7. The number of rotatable bonds is 6. The van der Waals surface area contributed by atoms with Crippen LogP contribution in [0.2, 0.25) is 0 Å². The van der Waals surface area contributed by atoms with Crippen molar-refractivity contribution in [1.29, 1.82) is 0 Å². The molecule has 0 unspecified atom stereocenters. The maximum Gasteiger partial charge on any atom is 0.295 e. The largest absolute Gasteiger partial charge is 0.325 e. The Kier molecular flexibility index (Phi) is 7.00. The summed E-state index contributed by atoms with van der Waals surface area (Å²) in [6.07, 6.45) is 1.63. The Balaban J connectivity index is 1.47. The summed E-state index contributed by atoms with van der Waals surface area (Å²) in [4.78, 5) is 15.6. The van der Waals surface area contributed by atoms with E-state index in [1.807, 2.05) is 19.1 Å². The molecule has 2 aromatic rings. The standard InChI is InChI=1S/C18H21BrN4O3S2/c1-14-2-5-16(27-14)12-20-21-18(24)13-22-8-10-23(11-9-22)28(25,26)17-6-3-15(19)4-7-17/h2-7,12H,8-11,13H2,1H3,(H,21,24)/p+1/b20-12+. The average Bonchev–Trinajstić information content (AvgIpc) is 3.08. The number of nitrogens with zero attached hydrogens (tertiary/aromatic N) is 2. The second-order valence-corrected chi connectivity index (χ2v) is 10.7. The average molecular weight is 486 g/mol. The molecule has 1 amide bonds. The lowest BCUT2D eigenvalue weighted by Gasteiger charge is -2.31. The molecule has 1 aliphatic heterocycles. The molecule has 7 nitrogen and oxygen atoms in total. The molecule has 0 saturated carbocycles. The molecular formula is C18H22BrN4O3S2+. The van der Waals surface area contributed by atoms with Crippen LogP contribution in [0.4, 0.5) is 0 Å². The van der Waals surface area contributed by atoms with Crippen LogP contribution >= 0.6 is 27.3 Å². The van der Waals surface area contributed by atoms with Gasteiger partial charge < -0.3 is 4.90 Å². The van der Waals surface area contributed by atoms with Crippen molar-refractivity contribution in [2.45, 2.75) is 11.8 Å². The fraction of sp³-hybridized carbons (Fsp3) is 0.333. The minimum atomic E-state index is -3.50. The number of hydrogen-bond acceptors (Lipinski definition) is 5. The van der Waals surface area contributed by atoms with Gasteiger partial charge in [-0.15, -0.1) is 11.3 Å². The number of sulfonamides is 1. The third kappa shape index (κ3) is 5.48. The Labute approximate surface area is 177 Å². The number of aryl methyl sites for hydroxylation is 1. The van der Waals surface area contributed by atoms with E-state index in [9.17, 15) is 13.2 Å². The van der Waals surface area contributed by atoms with Gasteiger partial charge >= 0.3 is 0 Å². The van der Waals surface area contributed by atoms with Gasteiger partial charge in [0.2, 0.25) is 10.0 Å². The van der Waals surface area contributed by atoms with Gasteiger partial charge in [0, 0.05) is 14.2 Å². The van der Waals surface area contributed by atoms with Crippen LogP contribution < -0.4 is 10.3 Å². The fourth-order valence-electron chi connectivity index (χ4n) is 2.93. The van der Waals surface area contributed by atoms with Gasteiger partial charge in [0.05, 0.1) is 37.3 Å². The van der Waals surface area contributed by atoms with Crippen molar-refractivity contribution in [3.05, 3.63) is 50.6 Å². The summed E-state index contributed by atoms with van der Waals surface area (Å²) in [6, 6.07) is 10.6. The first-order valence-electron chi connectivity index (χ1n) is 8.82. The minimum Gasteiger partial charge on any atom is -0.325 e. The van der Waals surface area contributed by atoms with Crippen LogP contribution in [0.1, 0.15) is 9.75 Å². The van der Waals surface area contributed by atoms with Gasteiger partial charge in [-0.05, 0) is 43.3 Å². The molecule has 2 heterocycles. The topological polar surface area (TPSA) is 83.3 Å². The molecule has 150 valence electrons. The number of hydrogen-bond donors (Lipinski definition) is 2. The van der Waals surface area contributed by atoms with Crippen molar-refractivity contribution >= 4 is 49.4 Å². The second kappa shape index (κ2) is 9.27. The molecule has 2 N–H and O–H groups in total. The number of amides is 1. The van der Waals surface area contributed by atoms with Gasteiger partial charge in [-0.1, -0.05) is 15.9 Å². The first kappa shape index (κ1) is 21.1. The number of thiophene rings is 1. The van der Waals surface area contributed by atoms with Crippen LogP contribution in [-0.4, -0.2) is 57.6 Å². The van der Waals surface area contributed by atoms with Crippen LogP contribution in [0, 0.1) is 6.92 Å². The van der Waals surface area contributed by atoms with E-state index in [4.69, 9.17) is 0 Å². The number of hydrazone groups is 1. The van der Waals surface area contributed by atoms with Gasteiger partial charge in [-0.2, -0.15) is 9.41 Å². The molecule has 0 spiro atoms. The highest BCUT2D eigenvalue weighted by Crippen LogP contribution is 2.18. The first-order valence-corrected chi connectivity index (χ1v) is 11.9. The molecule has 1 saturated heterocycles. The van der Waals surface area contributed by atoms with Gasteiger partial charge in [0.15, 0.2) is 6.54 Å². The minimum absolute atomic E-state index is 0.177.